The lowest BCUT2D eigenvalue weighted by Crippen LogP contribution is -2.52. The SMILES string of the molecule is CN(C)C1=NC2(CCN(C(=O)NCc3cn4ccccc4n3)CC2)C(=O)N1. The number of fused-ring (bicyclic) bond motifs is 1. The largest absolute Gasteiger partial charge is 0.349 e. The fourth-order valence-corrected chi connectivity index (χ4v) is 3.48. The van der Waals surface area contributed by atoms with Crippen molar-refractivity contribution < 1.29 is 9.59 Å². The molecule has 1 spiro atoms. The third kappa shape index (κ3) is 3.20. The van der Waals surface area contributed by atoms with Crippen LogP contribution in [0.2, 0.25) is 0 Å². The molecule has 2 N–H and O–H groups in total. The Morgan fingerprint density at radius 2 is 2.11 bits per heavy atom. The van der Waals surface area contributed by atoms with Crippen LogP contribution >= 0.6 is 0 Å². The highest BCUT2D eigenvalue weighted by Crippen LogP contribution is 2.30. The molecule has 9 nitrogen and oxygen atoms in total. The first kappa shape index (κ1) is 17.3. The first-order valence-electron chi connectivity index (χ1n) is 9.01. The minimum absolute atomic E-state index is 0.0732. The van der Waals surface area contributed by atoms with E-state index in [-0.39, 0.29) is 11.9 Å². The first-order chi connectivity index (χ1) is 13.0. The van der Waals surface area contributed by atoms with Crippen molar-refractivity contribution in [3.63, 3.8) is 0 Å². The van der Waals surface area contributed by atoms with Crippen LogP contribution in [0.15, 0.2) is 35.6 Å². The number of pyridine rings is 1. The molecule has 9 heteroatoms. The summed E-state index contributed by atoms with van der Waals surface area (Å²) in [4.78, 5) is 37.4. The summed E-state index contributed by atoms with van der Waals surface area (Å²) in [5.74, 6) is 0.515. The van der Waals surface area contributed by atoms with Crippen LogP contribution in [-0.2, 0) is 11.3 Å². The Bertz CT molecular complexity index is 876. The number of nitrogens with one attached hydrogen (secondary N) is 2. The smallest absolute Gasteiger partial charge is 0.317 e. The van der Waals surface area contributed by atoms with E-state index < -0.39 is 5.54 Å². The third-order valence-electron chi connectivity index (χ3n) is 5.10. The molecule has 142 valence electrons. The summed E-state index contributed by atoms with van der Waals surface area (Å²) in [5, 5.41) is 5.74. The summed E-state index contributed by atoms with van der Waals surface area (Å²) in [6.07, 6.45) is 4.88. The van der Waals surface area contributed by atoms with Gasteiger partial charge in [-0.15, -0.1) is 0 Å². The van der Waals surface area contributed by atoms with Crippen LogP contribution in [0.4, 0.5) is 4.79 Å². The number of piperidine rings is 1. The number of aliphatic imine (C=N–C) groups is 1. The highest BCUT2D eigenvalue weighted by atomic mass is 16.2. The second kappa shape index (κ2) is 6.57. The van der Waals surface area contributed by atoms with E-state index in [9.17, 15) is 9.59 Å². The lowest BCUT2D eigenvalue weighted by Gasteiger charge is -2.35. The topological polar surface area (TPSA) is 94.3 Å². The number of carbonyl (C=O) groups excluding carboxylic acids is 2. The summed E-state index contributed by atoms with van der Waals surface area (Å²) in [7, 11) is 3.69. The van der Waals surface area contributed by atoms with E-state index in [1.165, 1.54) is 0 Å². The number of carbonyl (C=O) groups is 2. The zero-order valence-electron chi connectivity index (χ0n) is 15.5. The average molecular weight is 369 g/mol. The van der Waals surface area contributed by atoms with Crippen molar-refractivity contribution in [1.82, 2.24) is 29.8 Å². The predicted octanol–water partition coefficient (Wildman–Crippen LogP) is 0.426. The molecule has 0 aliphatic carbocycles. The van der Waals surface area contributed by atoms with Crippen molar-refractivity contribution in [2.24, 2.45) is 4.99 Å². The number of likely N-dealkylation sites (tertiary alicyclic amines) is 1. The Labute approximate surface area is 157 Å². The molecule has 2 aromatic rings. The van der Waals surface area contributed by atoms with E-state index in [0.29, 0.717) is 38.4 Å². The monoisotopic (exact) mass is 369 g/mol. The van der Waals surface area contributed by atoms with Crippen molar-refractivity contribution in [3.05, 3.63) is 36.3 Å². The Balaban J connectivity index is 1.34. The van der Waals surface area contributed by atoms with E-state index in [1.54, 1.807) is 9.80 Å². The van der Waals surface area contributed by atoms with Gasteiger partial charge in [-0.1, -0.05) is 6.07 Å². The number of guanidine groups is 1. The van der Waals surface area contributed by atoms with Gasteiger partial charge in [0, 0.05) is 39.6 Å². The molecule has 2 aromatic heterocycles. The van der Waals surface area contributed by atoms with Crippen molar-refractivity contribution in [3.8, 4) is 0 Å². The molecule has 4 rings (SSSR count). The second-order valence-corrected chi connectivity index (χ2v) is 7.16. The summed E-state index contributed by atoms with van der Waals surface area (Å²) >= 11 is 0. The maximum Gasteiger partial charge on any atom is 0.317 e. The number of hydrogen-bond donors (Lipinski definition) is 2. The van der Waals surface area contributed by atoms with Gasteiger partial charge >= 0.3 is 6.03 Å². The number of hydrogen-bond acceptors (Lipinski definition) is 5. The fourth-order valence-electron chi connectivity index (χ4n) is 3.48. The van der Waals surface area contributed by atoms with Gasteiger partial charge in [-0.05, 0) is 25.0 Å². The van der Waals surface area contributed by atoms with Gasteiger partial charge in [-0.3, -0.25) is 10.1 Å². The van der Waals surface area contributed by atoms with Gasteiger partial charge in [0.25, 0.3) is 5.91 Å². The maximum absolute atomic E-state index is 12.5. The molecule has 3 amide bonds. The van der Waals surface area contributed by atoms with Gasteiger partial charge in [0.05, 0.1) is 12.2 Å². The quantitative estimate of drug-likeness (QED) is 0.802. The highest BCUT2D eigenvalue weighted by molar-refractivity contribution is 6.07. The Morgan fingerprint density at radius 1 is 1.33 bits per heavy atom. The zero-order chi connectivity index (χ0) is 19.0. The summed E-state index contributed by atoms with van der Waals surface area (Å²) in [6, 6.07) is 5.64. The number of imidazole rings is 1. The molecule has 0 bridgehead atoms. The van der Waals surface area contributed by atoms with Crippen LogP contribution in [0.1, 0.15) is 18.5 Å². The van der Waals surface area contributed by atoms with E-state index in [0.717, 1.165) is 11.3 Å². The normalized spacial score (nSPS) is 18.5. The van der Waals surface area contributed by atoms with Crippen LogP contribution in [0, 0.1) is 0 Å². The number of nitrogens with zero attached hydrogens (tertiary/aromatic N) is 5. The third-order valence-corrected chi connectivity index (χ3v) is 5.10. The van der Waals surface area contributed by atoms with E-state index in [2.05, 4.69) is 20.6 Å². The number of urea groups is 1. The van der Waals surface area contributed by atoms with Gasteiger partial charge in [-0.25, -0.2) is 14.8 Å². The molecule has 0 aromatic carbocycles. The van der Waals surface area contributed by atoms with Crippen molar-refractivity contribution in [1.29, 1.82) is 0 Å². The standard InChI is InChI=1S/C18H23N7O2/c1-23(2)16-21-15(26)18(22-16)6-9-24(10-7-18)17(27)19-11-13-12-25-8-4-3-5-14(25)20-13/h3-5,8,12H,6-7,9-11H2,1-2H3,(H,19,27)(H,21,22,26). The molecule has 0 unspecified atom stereocenters. The van der Waals surface area contributed by atoms with Crippen LogP contribution in [0.25, 0.3) is 5.65 Å². The van der Waals surface area contributed by atoms with Gasteiger partial charge < -0.3 is 19.5 Å². The van der Waals surface area contributed by atoms with Crippen LogP contribution in [0.3, 0.4) is 0 Å². The van der Waals surface area contributed by atoms with Gasteiger partial charge in [0.2, 0.25) is 5.96 Å². The maximum atomic E-state index is 12.5. The van der Waals surface area contributed by atoms with Gasteiger partial charge in [-0.2, -0.15) is 0 Å². The molecule has 4 heterocycles. The van der Waals surface area contributed by atoms with Crippen molar-refractivity contribution in [2.75, 3.05) is 27.2 Å². The second-order valence-electron chi connectivity index (χ2n) is 7.16. The lowest BCUT2D eigenvalue weighted by molar-refractivity contribution is -0.125. The van der Waals surface area contributed by atoms with Gasteiger partial charge in [0.1, 0.15) is 11.2 Å². The van der Waals surface area contributed by atoms with Crippen molar-refractivity contribution in [2.45, 2.75) is 24.9 Å². The molecule has 1 saturated heterocycles. The highest BCUT2D eigenvalue weighted by Gasteiger charge is 2.46. The van der Waals surface area contributed by atoms with Crippen LogP contribution < -0.4 is 10.6 Å². The Kier molecular flexibility index (Phi) is 4.21. The number of amides is 3. The van der Waals surface area contributed by atoms with E-state index >= 15 is 0 Å². The van der Waals surface area contributed by atoms with Crippen LogP contribution in [-0.4, -0.2) is 69.8 Å². The Hall–Kier alpha value is -3.10. The molecule has 2 aliphatic rings. The summed E-state index contributed by atoms with van der Waals surface area (Å²) in [6.45, 7) is 1.36. The molecule has 0 saturated carbocycles. The first-order valence-corrected chi connectivity index (χ1v) is 9.01. The molecule has 27 heavy (non-hydrogen) atoms. The number of rotatable bonds is 2. The molecule has 1 fully saturated rings. The minimum atomic E-state index is -0.738. The molecule has 0 atom stereocenters. The summed E-state index contributed by atoms with van der Waals surface area (Å²) in [5.41, 5.74) is 0.916. The zero-order valence-corrected chi connectivity index (χ0v) is 15.5. The fraction of sp³-hybridized carbons (Fsp3) is 0.444. The molecule has 0 radical (unpaired) electrons. The van der Waals surface area contributed by atoms with Crippen molar-refractivity contribution >= 4 is 23.5 Å². The Morgan fingerprint density at radius 3 is 2.78 bits per heavy atom. The summed E-state index contributed by atoms with van der Waals surface area (Å²) < 4.78 is 1.92. The van der Waals surface area contributed by atoms with Crippen LogP contribution in [0.5, 0.6) is 0 Å². The van der Waals surface area contributed by atoms with E-state index in [1.807, 2.05) is 49.1 Å². The predicted molar refractivity (Wildman–Crippen MR) is 100 cm³/mol. The van der Waals surface area contributed by atoms with Gasteiger partial charge in [0.15, 0.2) is 0 Å². The average Bonchev–Trinajstić information content (AvgIpc) is 3.22. The van der Waals surface area contributed by atoms with E-state index in [4.69, 9.17) is 0 Å². The molecular weight excluding hydrogens is 346 g/mol. The minimum Gasteiger partial charge on any atom is -0.349 e. The number of aromatic nitrogens is 2. The molecule has 2 aliphatic heterocycles. The lowest BCUT2D eigenvalue weighted by atomic mass is 9.88. The molecular formula is C18H23N7O2.